The van der Waals surface area contributed by atoms with Crippen LogP contribution < -0.4 is 11.0 Å². The quantitative estimate of drug-likeness (QED) is 0.651. The van der Waals surface area contributed by atoms with Crippen molar-refractivity contribution in [1.82, 2.24) is 19.4 Å². The summed E-state index contributed by atoms with van der Waals surface area (Å²) in [7, 11) is 1.76. The third-order valence-corrected chi connectivity index (χ3v) is 7.28. The normalized spacial score (nSPS) is 16.6. The second kappa shape index (κ2) is 6.56. The van der Waals surface area contributed by atoms with Gasteiger partial charge in [0.1, 0.15) is 10.7 Å². The van der Waals surface area contributed by atoms with Gasteiger partial charge in [0.2, 0.25) is 0 Å². The molecule has 142 valence electrons. The maximum Gasteiger partial charge on any atom is 0.291 e. The predicted molar refractivity (Wildman–Crippen MR) is 109 cm³/mol. The molecule has 0 radical (unpaired) electrons. The fourth-order valence-electron chi connectivity index (χ4n) is 3.50. The first kappa shape index (κ1) is 18.4. The minimum atomic E-state index is -0.449. The molecule has 0 aliphatic heterocycles. The molecule has 1 aliphatic rings. The maximum atomic E-state index is 13.2. The van der Waals surface area contributed by atoms with Gasteiger partial charge in [-0.25, -0.2) is 9.66 Å². The van der Waals surface area contributed by atoms with Crippen LogP contribution >= 0.6 is 27.3 Å². The molecule has 0 unspecified atom stereocenters. The first-order valence-corrected chi connectivity index (χ1v) is 10.4. The molecule has 0 spiro atoms. The fraction of sp³-hybridized carbons (Fsp3) is 0.444. The summed E-state index contributed by atoms with van der Waals surface area (Å²) in [5.74, 6) is 0.629. The van der Waals surface area contributed by atoms with Gasteiger partial charge in [0, 0.05) is 11.9 Å². The highest BCUT2D eigenvalue weighted by molar-refractivity contribution is 9.10. The number of fused-ring (bicyclic) bond motifs is 3. The number of nitrogens with one attached hydrogen (secondary N) is 1. The molecule has 0 fully saturated rings. The number of aromatic nitrogens is 4. The summed E-state index contributed by atoms with van der Waals surface area (Å²) in [5, 5.41) is 4.86. The Labute approximate surface area is 168 Å². The van der Waals surface area contributed by atoms with E-state index in [1.54, 1.807) is 30.0 Å². The largest absolute Gasteiger partial charge is 0.291 e. The minimum absolute atomic E-state index is 0.221. The summed E-state index contributed by atoms with van der Waals surface area (Å²) in [6, 6.07) is 0. The van der Waals surface area contributed by atoms with Crippen LogP contribution in [-0.4, -0.2) is 25.3 Å². The number of hydrogen-bond donors (Lipinski definition) is 1. The van der Waals surface area contributed by atoms with Crippen molar-refractivity contribution < 1.29 is 4.79 Å². The van der Waals surface area contributed by atoms with Crippen molar-refractivity contribution in [3.63, 3.8) is 0 Å². The number of thiophene rings is 1. The maximum absolute atomic E-state index is 13.2. The average Bonchev–Trinajstić information content (AvgIpc) is 3.09. The predicted octanol–water partition coefficient (Wildman–Crippen LogP) is 3.08. The molecule has 9 heteroatoms. The third-order valence-electron chi connectivity index (χ3n) is 5.19. The van der Waals surface area contributed by atoms with Gasteiger partial charge in [-0.15, -0.1) is 11.3 Å². The number of carbonyl (C=O) groups excluding carboxylic acids is 1. The molecule has 1 aliphatic carbocycles. The lowest BCUT2D eigenvalue weighted by atomic mass is 9.89. The van der Waals surface area contributed by atoms with Crippen LogP contribution in [0.2, 0.25) is 0 Å². The number of halogens is 1. The van der Waals surface area contributed by atoms with E-state index in [4.69, 9.17) is 0 Å². The number of nitrogens with zero attached hydrogens (tertiary/aromatic N) is 4. The average molecular weight is 450 g/mol. The van der Waals surface area contributed by atoms with Crippen molar-refractivity contribution in [2.24, 2.45) is 13.0 Å². The van der Waals surface area contributed by atoms with Crippen LogP contribution in [0.5, 0.6) is 0 Å². The number of aryl methyl sites for hydroxylation is 3. The highest BCUT2D eigenvalue weighted by Gasteiger charge is 2.25. The molecule has 1 atom stereocenters. The van der Waals surface area contributed by atoms with E-state index in [9.17, 15) is 9.59 Å². The number of hydrogen-bond acceptors (Lipinski definition) is 5. The molecular formula is C18H20BrN5O2S. The summed E-state index contributed by atoms with van der Waals surface area (Å²) < 4.78 is 3.47. The van der Waals surface area contributed by atoms with Gasteiger partial charge >= 0.3 is 0 Å². The van der Waals surface area contributed by atoms with Gasteiger partial charge in [0.25, 0.3) is 11.5 Å². The summed E-state index contributed by atoms with van der Waals surface area (Å²) in [6.45, 7) is 5.82. The SMILES string of the molecule is Cc1c(Br)c(C(=O)Nn2c(C)nc3sc4c(c3c2=O)CC[C@@H](C)C4)nn1C. The van der Waals surface area contributed by atoms with Crippen LogP contribution in [0.3, 0.4) is 0 Å². The van der Waals surface area contributed by atoms with Gasteiger partial charge in [-0.2, -0.15) is 5.10 Å². The lowest BCUT2D eigenvalue weighted by molar-refractivity contribution is 0.1000. The van der Waals surface area contributed by atoms with Gasteiger partial charge in [-0.1, -0.05) is 6.92 Å². The number of amides is 1. The van der Waals surface area contributed by atoms with Crippen LogP contribution in [0.25, 0.3) is 10.2 Å². The van der Waals surface area contributed by atoms with Crippen LogP contribution in [0, 0.1) is 19.8 Å². The van der Waals surface area contributed by atoms with E-state index in [-0.39, 0.29) is 11.3 Å². The second-order valence-corrected chi connectivity index (χ2v) is 9.02. The summed E-state index contributed by atoms with van der Waals surface area (Å²) in [6.07, 6.45) is 2.94. The van der Waals surface area contributed by atoms with Crippen LogP contribution in [0.4, 0.5) is 0 Å². The monoisotopic (exact) mass is 449 g/mol. The standard InChI is InChI=1S/C18H20BrN5O2S/c1-8-5-6-11-12(7-8)27-17-13(11)18(26)24(10(3)20-17)22-16(25)15-14(19)9(2)23(4)21-15/h8H,5-7H2,1-4H3,(H,22,25)/t8-/m1/s1. The van der Waals surface area contributed by atoms with E-state index in [1.165, 1.54) is 9.55 Å². The smallest absolute Gasteiger partial charge is 0.271 e. The molecule has 3 aromatic heterocycles. The Morgan fingerprint density at radius 2 is 2.11 bits per heavy atom. The Kier molecular flexibility index (Phi) is 4.46. The summed E-state index contributed by atoms with van der Waals surface area (Å²) >= 11 is 5.00. The number of carbonyl (C=O) groups is 1. The lowest BCUT2D eigenvalue weighted by Gasteiger charge is -2.17. The summed E-state index contributed by atoms with van der Waals surface area (Å²) in [4.78, 5) is 32.5. The van der Waals surface area contributed by atoms with E-state index in [0.29, 0.717) is 21.6 Å². The zero-order valence-corrected chi connectivity index (χ0v) is 18.0. The molecule has 27 heavy (non-hydrogen) atoms. The molecule has 1 amide bonds. The van der Waals surface area contributed by atoms with Crippen molar-refractivity contribution in [2.45, 2.75) is 40.0 Å². The van der Waals surface area contributed by atoms with Gasteiger partial charge in [0.15, 0.2) is 5.69 Å². The molecule has 1 N–H and O–H groups in total. The highest BCUT2D eigenvalue weighted by atomic mass is 79.9. The Morgan fingerprint density at radius 3 is 2.78 bits per heavy atom. The Hall–Kier alpha value is -2.00. The zero-order valence-electron chi connectivity index (χ0n) is 15.6. The first-order valence-electron chi connectivity index (χ1n) is 8.82. The summed E-state index contributed by atoms with van der Waals surface area (Å²) in [5.41, 5.74) is 4.63. The van der Waals surface area contributed by atoms with Crippen molar-refractivity contribution in [1.29, 1.82) is 0 Å². The third kappa shape index (κ3) is 2.93. The Bertz CT molecular complexity index is 1140. The van der Waals surface area contributed by atoms with E-state index in [0.717, 1.165) is 35.4 Å². The lowest BCUT2D eigenvalue weighted by Crippen LogP contribution is -2.36. The van der Waals surface area contributed by atoms with Crippen LogP contribution in [-0.2, 0) is 19.9 Å². The van der Waals surface area contributed by atoms with Crippen molar-refractivity contribution in [3.8, 4) is 0 Å². The topological polar surface area (TPSA) is 81.8 Å². The van der Waals surface area contributed by atoms with Crippen LogP contribution in [0.15, 0.2) is 9.27 Å². The molecule has 0 aromatic carbocycles. The van der Waals surface area contributed by atoms with E-state index in [2.05, 4.69) is 38.4 Å². The molecule has 0 saturated carbocycles. The molecule has 3 heterocycles. The second-order valence-electron chi connectivity index (χ2n) is 7.14. The van der Waals surface area contributed by atoms with Gasteiger partial charge in [-0.05, 0) is 60.5 Å². The highest BCUT2D eigenvalue weighted by Crippen LogP contribution is 2.35. The van der Waals surface area contributed by atoms with Crippen molar-refractivity contribution >= 4 is 43.4 Å². The fourth-order valence-corrected chi connectivity index (χ4v) is 5.44. The van der Waals surface area contributed by atoms with E-state index in [1.807, 2.05) is 6.92 Å². The molecule has 0 saturated heterocycles. The minimum Gasteiger partial charge on any atom is -0.271 e. The van der Waals surface area contributed by atoms with Gasteiger partial charge in [0.05, 0.1) is 15.6 Å². The molecule has 4 rings (SSSR count). The number of rotatable bonds is 2. The first-order chi connectivity index (χ1) is 12.8. The van der Waals surface area contributed by atoms with E-state index >= 15 is 0 Å². The van der Waals surface area contributed by atoms with Crippen LogP contribution in [0.1, 0.15) is 45.8 Å². The Morgan fingerprint density at radius 1 is 1.37 bits per heavy atom. The zero-order chi connectivity index (χ0) is 19.5. The van der Waals surface area contributed by atoms with E-state index < -0.39 is 5.91 Å². The molecule has 0 bridgehead atoms. The Balaban J connectivity index is 1.79. The van der Waals surface area contributed by atoms with Crippen molar-refractivity contribution in [3.05, 3.63) is 42.5 Å². The molecular weight excluding hydrogens is 430 g/mol. The molecule has 3 aromatic rings. The van der Waals surface area contributed by atoms with Gasteiger partial charge < -0.3 is 0 Å². The van der Waals surface area contributed by atoms with Crippen molar-refractivity contribution in [2.75, 3.05) is 5.43 Å². The molecule has 7 nitrogen and oxygen atoms in total. The van der Waals surface area contributed by atoms with Gasteiger partial charge in [-0.3, -0.25) is 19.7 Å².